The van der Waals surface area contributed by atoms with Gasteiger partial charge in [-0.3, -0.25) is 4.79 Å². The average Bonchev–Trinajstić information content (AvgIpc) is 2.38. The third kappa shape index (κ3) is 3.28. The molecule has 1 aliphatic rings. The van der Waals surface area contributed by atoms with Crippen molar-refractivity contribution in [2.45, 2.75) is 59.3 Å². The molecule has 0 atom stereocenters. The van der Waals surface area contributed by atoms with Crippen LogP contribution < -0.4 is 0 Å². The smallest absolute Gasteiger partial charge is 0.169 e. The average molecular weight is 276 g/mol. The summed E-state index contributed by atoms with van der Waals surface area (Å²) in [6.07, 6.45) is 6.58. The van der Waals surface area contributed by atoms with E-state index in [1.54, 1.807) is 0 Å². The van der Waals surface area contributed by atoms with Crippen LogP contribution in [0.5, 0.6) is 0 Å². The molecule has 0 aromatic heterocycles. The highest BCUT2D eigenvalue weighted by Gasteiger charge is 2.29. The maximum Gasteiger partial charge on any atom is 0.169 e. The van der Waals surface area contributed by atoms with Gasteiger partial charge in [0, 0.05) is 5.92 Å². The minimum Gasteiger partial charge on any atom is -0.294 e. The van der Waals surface area contributed by atoms with Crippen LogP contribution in [0.3, 0.4) is 0 Å². The van der Waals surface area contributed by atoms with Gasteiger partial charge in [-0.2, -0.15) is 0 Å². The minimum absolute atomic E-state index is 0.0231. The third-order valence-corrected chi connectivity index (χ3v) is 4.59. The van der Waals surface area contributed by atoms with Crippen LogP contribution in [0.25, 0.3) is 0 Å². The number of Topliss-reactive ketones (excluding diaryl/α,β-unsaturated/α-hetero) is 1. The molecule has 1 fully saturated rings. The molecule has 0 amide bonds. The highest BCUT2D eigenvalue weighted by atomic mass is 19.1. The molecular weight excluding hydrogens is 251 g/mol. The summed E-state index contributed by atoms with van der Waals surface area (Å²) >= 11 is 0. The number of ketones is 1. The Morgan fingerprint density at radius 1 is 1.20 bits per heavy atom. The lowest BCUT2D eigenvalue weighted by molar-refractivity contribution is 0.0865. The number of aryl methyl sites for hydroxylation is 2. The van der Waals surface area contributed by atoms with Crippen molar-refractivity contribution < 1.29 is 9.18 Å². The van der Waals surface area contributed by atoms with Crippen molar-refractivity contribution in [3.8, 4) is 0 Å². The number of halogens is 1. The monoisotopic (exact) mass is 276 g/mol. The summed E-state index contributed by atoms with van der Waals surface area (Å²) in [5.41, 5.74) is 1.99. The summed E-state index contributed by atoms with van der Waals surface area (Å²) < 4.78 is 14.1. The number of hydrogen-bond acceptors (Lipinski definition) is 1. The van der Waals surface area contributed by atoms with Gasteiger partial charge in [-0.25, -0.2) is 4.39 Å². The van der Waals surface area contributed by atoms with Gasteiger partial charge in [-0.05, 0) is 62.6 Å². The summed E-state index contributed by atoms with van der Waals surface area (Å²) in [5.74, 6) is 0.477. The van der Waals surface area contributed by atoms with Crippen molar-refractivity contribution in [2.75, 3.05) is 0 Å². The molecule has 0 spiro atoms. The first-order valence-electron chi connectivity index (χ1n) is 7.83. The van der Waals surface area contributed by atoms with E-state index in [1.165, 1.54) is 18.9 Å². The molecule has 0 saturated heterocycles. The second-order valence-electron chi connectivity index (χ2n) is 6.31. The van der Waals surface area contributed by atoms with Gasteiger partial charge in [0.25, 0.3) is 0 Å². The standard InChI is InChI=1S/C18H25FO/c1-4-5-14-6-8-15(9-7-14)18(20)17-13(3)10-12(2)11-16(17)19/h10-11,14-15H,4-9H2,1-3H3. The second kappa shape index (κ2) is 6.51. The number of rotatable bonds is 4. The number of hydrogen-bond donors (Lipinski definition) is 0. The molecule has 1 nitrogen and oxygen atoms in total. The molecular formula is C18H25FO. The summed E-state index contributed by atoms with van der Waals surface area (Å²) in [6.45, 7) is 5.91. The van der Waals surface area contributed by atoms with Crippen molar-refractivity contribution in [3.63, 3.8) is 0 Å². The molecule has 1 aromatic carbocycles. The second-order valence-corrected chi connectivity index (χ2v) is 6.31. The molecule has 1 saturated carbocycles. The fourth-order valence-corrected chi connectivity index (χ4v) is 3.55. The van der Waals surface area contributed by atoms with Gasteiger partial charge in [-0.15, -0.1) is 0 Å². The van der Waals surface area contributed by atoms with Crippen molar-refractivity contribution in [1.82, 2.24) is 0 Å². The first-order valence-corrected chi connectivity index (χ1v) is 7.83. The molecule has 0 N–H and O–H groups in total. The van der Waals surface area contributed by atoms with Crippen LogP contribution in [0.2, 0.25) is 0 Å². The first-order chi connectivity index (χ1) is 9.52. The van der Waals surface area contributed by atoms with Gasteiger partial charge in [0.1, 0.15) is 5.82 Å². The van der Waals surface area contributed by atoms with E-state index in [9.17, 15) is 9.18 Å². The van der Waals surface area contributed by atoms with Crippen LogP contribution >= 0.6 is 0 Å². The van der Waals surface area contributed by atoms with E-state index in [1.807, 2.05) is 19.9 Å². The Morgan fingerprint density at radius 2 is 1.85 bits per heavy atom. The molecule has 20 heavy (non-hydrogen) atoms. The van der Waals surface area contributed by atoms with Crippen molar-refractivity contribution in [3.05, 3.63) is 34.6 Å². The van der Waals surface area contributed by atoms with Gasteiger partial charge in [0.15, 0.2) is 5.78 Å². The molecule has 0 heterocycles. The van der Waals surface area contributed by atoms with Crippen LogP contribution in [-0.2, 0) is 0 Å². The lowest BCUT2D eigenvalue weighted by atomic mass is 9.76. The van der Waals surface area contributed by atoms with Gasteiger partial charge in [-0.1, -0.05) is 25.8 Å². The Hall–Kier alpha value is -1.18. The van der Waals surface area contributed by atoms with Gasteiger partial charge in [0.2, 0.25) is 0 Å². The highest BCUT2D eigenvalue weighted by Crippen LogP contribution is 2.34. The fourth-order valence-electron chi connectivity index (χ4n) is 3.55. The highest BCUT2D eigenvalue weighted by molar-refractivity contribution is 5.99. The minimum atomic E-state index is -0.344. The van der Waals surface area contributed by atoms with Crippen LogP contribution in [-0.4, -0.2) is 5.78 Å². The molecule has 2 heteroatoms. The van der Waals surface area contributed by atoms with Crippen molar-refractivity contribution in [1.29, 1.82) is 0 Å². The molecule has 0 aliphatic heterocycles. The molecule has 1 aromatic rings. The maximum absolute atomic E-state index is 14.1. The summed E-state index contributed by atoms with van der Waals surface area (Å²) in [4.78, 5) is 12.6. The number of carbonyl (C=O) groups is 1. The van der Waals surface area contributed by atoms with Crippen LogP contribution in [0.1, 0.15) is 66.9 Å². The van der Waals surface area contributed by atoms with Crippen LogP contribution in [0.4, 0.5) is 4.39 Å². The van der Waals surface area contributed by atoms with E-state index in [2.05, 4.69) is 6.92 Å². The van der Waals surface area contributed by atoms with E-state index in [4.69, 9.17) is 0 Å². The number of carbonyl (C=O) groups excluding carboxylic acids is 1. The normalized spacial score (nSPS) is 22.8. The van der Waals surface area contributed by atoms with Crippen molar-refractivity contribution in [2.24, 2.45) is 11.8 Å². The summed E-state index contributed by atoms with van der Waals surface area (Å²) in [6, 6.07) is 3.38. The number of benzene rings is 1. The molecule has 1 aliphatic carbocycles. The summed E-state index contributed by atoms with van der Waals surface area (Å²) in [5, 5.41) is 0. The Kier molecular flexibility index (Phi) is 4.95. The predicted octanol–water partition coefficient (Wildman–Crippen LogP) is 5.23. The van der Waals surface area contributed by atoms with Gasteiger partial charge < -0.3 is 0 Å². The lowest BCUT2D eigenvalue weighted by Crippen LogP contribution is -2.23. The Bertz CT molecular complexity index is 461. The maximum atomic E-state index is 14.1. The van der Waals surface area contributed by atoms with E-state index in [0.29, 0.717) is 5.56 Å². The zero-order chi connectivity index (χ0) is 14.7. The Balaban J connectivity index is 2.10. The van der Waals surface area contributed by atoms with Crippen molar-refractivity contribution >= 4 is 5.78 Å². The predicted molar refractivity (Wildman–Crippen MR) is 80.6 cm³/mol. The largest absolute Gasteiger partial charge is 0.294 e. The van der Waals surface area contributed by atoms with E-state index < -0.39 is 0 Å². The lowest BCUT2D eigenvalue weighted by Gasteiger charge is -2.28. The van der Waals surface area contributed by atoms with Crippen LogP contribution in [0.15, 0.2) is 12.1 Å². The van der Waals surface area contributed by atoms with Gasteiger partial charge >= 0.3 is 0 Å². The van der Waals surface area contributed by atoms with Gasteiger partial charge in [0.05, 0.1) is 5.56 Å². The third-order valence-electron chi connectivity index (χ3n) is 4.59. The molecule has 2 rings (SSSR count). The quantitative estimate of drug-likeness (QED) is 0.688. The SMILES string of the molecule is CCCC1CCC(C(=O)c2c(C)cc(C)cc2F)CC1. The molecule has 110 valence electrons. The van der Waals surface area contributed by atoms with Crippen LogP contribution in [0, 0.1) is 31.5 Å². The van der Waals surface area contributed by atoms with E-state index >= 15 is 0 Å². The summed E-state index contributed by atoms with van der Waals surface area (Å²) in [7, 11) is 0. The molecule has 0 radical (unpaired) electrons. The first kappa shape index (κ1) is 15.2. The zero-order valence-electron chi connectivity index (χ0n) is 12.8. The fraction of sp³-hybridized carbons (Fsp3) is 0.611. The molecule has 0 bridgehead atoms. The van der Waals surface area contributed by atoms with E-state index in [-0.39, 0.29) is 17.5 Å². The molecule has 0 unspecified atom stereocenters. The zero-order valence-corrected chi connectivity index (χ0v) is 12.8. The van der Waals surface area contributed by atoms with E-state index in [0.717, 1.165) is 42.7 Å². The Morgan fingerprint density at radius 3 is 2.40 bits per heavy atom. The topological polar surface area (TPSA) is 17.1 Å². The Labute approximate surface area is 121 Å².